The van der Waals surface area contributed by atoms with Gasteiger partial charge in [-0.25, -0.2) is 0 Å². The van der Waals surface area contributed by atoms with Gasteiger partial charge in [-0.2, -0.15) is 5.26 Å². The summed E-state index contributed by atoms with van der Waals surface area (Å²) < 4.78 is 1.04. The molecule has 0 fully saturated rings. The van der Waals surface area contributed by atoms with Gasteiger partial charge < -0.3 is 10.6 Å². The Hall–Kier alpha value is -2.58. The van der Waals surface area contributed by atoms with Crippen LogP contribution in [0.15, 0.2) is 64.8 Å². The Morgan fingerprint density at radius 1 is 1.15 bits per heavy atom. The topological polar surface area (TPSA) is 64.9 Å². The van der Waals surface area contributed by atoms with Crippen molar-refractivity contribution in [1.82, 2.24) is 5.32 Å². The molecule has 134 valence electrons. The zero-order valence-electron chi connectivity index (χ0n) is 14.9. The van der Waals surface area contributed by atoms with Gasteiger partial charge in [-0.3, -0.25) is 4.79 Å². The minimum Gasteiger partial charge on any atom is -0.389 e. The van der Waals surface area contributed by atoms with Crippen molar-refractivity contribution >= 4 is 27.5 Å². The van der Waals surface area contributed by atoms with Crippen LogP contribution >= 0.6 is 15.9 Å². The Balaban J connectivity index is 1.87. The monoisotopic (exact) mass is 411 g/mol. The summed E-state index contributed by atoms with van der Waals surface area (Å²) in [6, 6.07) is 17.6. The molecule has 0 aliphatic carbocycles. The standard InChI is InChI=1S/C21H22BrN3O/c1-15(2)17-5-9-20(10-6-17)25-21(26)18(13-23)14-24-12-11-16-3-7-19(22)8-4-16/h3-10,14-15,24H,11-12H2,1-2H3,(H,25,26)/b18-14-. The molecular formula is C21H22BrN3O. The Kier molecular flexibility index (Phi) is 7.43. The maximum atomic E-state index is 12.2. The highest BCUT2D eigenvalue weighted by Gasteiger charge is 2.09. The van der Waals surface area contributed by atoms with Gasteiger partial charge in [-0.05, 0) is 47.7 Å². The molecular weight excluding hydrogens is 390 g/mol. The number of nitrogens with one attached hydrogen (secondary N) is 2. The summed E-state index contributed by atoms with van der Waals surface area (Å²) in [6.07, 6.45) is 2.28. The maximum Gasteiger partial charge on any atom is 0.267 e. The molecule has 0 saturated heterocycles. The third kappa shape index (κ3) is 6.05. The zero-order valence-corrected chi connectivity index (χ0v) is 16.5. The van der Waals surface area contributed by atoms with Crippen molar-refractivity contribution < 1.29 is 4.79 Å². The molecule has 0 aliphatic rings. The molecule has 2 aromatic carbocycles. The minimum absolute atomic E-state index is 0.0498. The number of halogens is 1. The lowest BCUT2D eigenvalue weighted by atomic mass is 10.0. The highest BCUT2D eigenvalue weighted by molar-refractivity contribution is 9.10. The summed E-state index contributed by atoms with van der Waals surface area (Å²) in [7, 11) is 0. The normalized spacial score (nSPS) is 11.1. The van der Waals surface area contributed by atoms with Crippen molar-refractivity contribution in [3.8, 4) is 6.07 Å². The van der Waals surface area contributed by atoms with E-state index in [9.17, 15) is 10.1 Å². The molecule has 4 nitrogen and oxygen atoms in total. The summed E-state index contributed by atoms with van der Waals surface area (Å²) in [4.78, 5) is 12.2. The van der Waals surface area contributed by atoms with E-state index in [4.69, 9.17) is 0 Å². The second-order valence-electron chi connectivity index (χ2n) is 6.23. The zero-order chi connectivity index (χ0) is 18.9. The molecule has 0 aliphatic heterocycles. The highest BCUT2D eigenvalue weighted by atomic mass is 79.9. The van der Waals surface area contributed by atoms with E-state index in [2.05, 4.69) is 40.4 Å². The lowest BCUT2D eigenvalue weighted by Crippen LogP contribution is -2.18. The lowest BCUT2D eigenvalue weighted by molar-refractivity contribution is -0.112. The molecule has 2 aromatic rings. The number of carbonyl (C=O) groups is 1. The van der Waals surface area contributed by atoms with Crippen LogP contribution < -0.4 is 10.6 Å². The number of carbonyl (C=O) groups excluding carboxylic acids is 1. The third-order valence-corrected chi connectivity index (χ3v) is 4.45. The highest BCUT2D eigenvalue weighted by Crippen LogP contribution is 2.17. The molecule has 0 heterocycles. The van der Waals surface area contributed by atoms with Crippen molar-refractivity contribution in [2.75, 3.05) is 11.9 Å². The van der Waals surface area contributed by atoms with E-state index < -0.39 is 5.91 Å². The fourth-order valence-corrected chi connectivity index (χ4v) is 2.60. The molecule has 2 N–H and O–H groups in total. The Bertz CT molecular complexity index is 803. The van der Waals surface area contributed by atoms with Crippen molar-refractivity contribution in [1.29, 1.82) is 5.26 Å². The number of rotatable bonds is 7. The second-order valence-corrected chi connectivity index (χ2v) is 7.15. The van der Waals surface area contributed by atoms with E-state index in [-0.39, 0.29) is 5.57 Å². The smallest absolute Gasteiger partial charge is 0.267 e. The second kappa shape index (κ2) is 9.79. The van der Waals surface area contributed by atoms with Gasteiger partial charge in [0.05, 0.1) is 0 Å². The van der Waals surface area contributed by atoms with E-state index >= 15 is 0 Å². The van der Waals surface area contributed by atoms with Gasteiger partial charge in [-0.15, -0.1) is 0 Å². The van der Waals surface area contributed by atoms with Crippen LogP contribution in [0.2, 0.25) is 0 Å². The van der Waals surface area contributed by atoms with Gasteiger partial charge in [0.25, 0.3) is 5.91 Å². The first kappa shape index (κ1) is 19.7. The third-order valence-electron chi connectivity index (χ3n) is 3.92. The van der Waals surface area contributed by atoms with Gasteiger partial charge >= 0.3 is 0 Å². The largest absolute Gasteiger partial charge is 0.389 e. The van der Waals surface area contributed by atoms with Crippen LogP contribution in [0.1, 0.15) is 30.9 Å². The van der Waals surface area contributed by atoms with Crippen LogP contribution in [0.5, 0.6) is 0 Å². The number of benzene rings is 2. The first-order valence-corrected chi connectivity index (χ1v) is 9.28. The summed E-state index contributed by atoms with van der Waals surface area (Å²) >= 11 is 3.40. The SMILES string of the molecule is CC(C)c1ccc(NC(=O)/C(C#N)=C\NCCc2ccc(Br)cc2)cc1. The first-order valence-electron chi connectivity index (χ1n) is 8.49. The predicted octanol–water partition coefficient (Wildman–Crippen LogP) is 4.75. The quantitative estimate of drug-likeness (QED) is 0.392. The van der Waals surface area contributed by atoms with Gasteiger partial charge in [0, 0.05) is 22.9 Å². The molecule has 0 saturated carbocycles. The van der Waals surface area contributed by atoms with Crippen molar-refractivity contribution in [2.45, 2.75) is 26.2 Å². The van der Waals surface area contributed by atoms with Crippen LogP contribution in [0.3, 0.4) is 0 Å². The van der Waals surface area contributed by atoms with Crippen LogP contribution in [0, 0.1) is 11.3 Å². The van der Waals surface area contributed by atoms with Gasteiger partial charge in [-0.1, -0.05) is 54.0 Å². The summed E-state index contributed by atoms with van der Waals surface area (Å²) in [5, 5.41) is 15.0. The number of hydrogen-bond donors (Lipinski definition) is 2. The van der Waals surface area contributed by atoms with Crippen molar-refractivity contribution in [3.63, 3.8) is 0 Å². The molecule has 26 heavy (non-hydrogen) atoms. The van der Waals surface area contributed by atoms with Gasteiger partial charge in [0.2, 0.25) is 0 Å². The van der Waals surface area contributed by atoms with E-state index in [1.165, 1.54) is 17.3 Å². The predicted molar refractivity (Wildman–Crippen MR) is 109 cm³/mol. The summed E-state index contributed by atoms with van der Waals surface area (Å²) in [6.45, 7) is 4.87. The van der Waals surface area contributed by atoms with Crippen molar-refractivity contribution in [2.24, 2.45) is 0 Å². The van der Waals surface area contributed by atoms with Crippen LogP contribution in [0.4, 0.5) is 5.69 Å². The van der Waals surface area contributed by atoms with E-state index in [0.29, 0.717) is 18.2 Å². The molecule has 2 rings (SSSR count). The fourth-order valence-electron chi connectivity index (χ4n) is 2.34. The fraction of sp³-hybridized carbons (Fsp3) is 0.238. The average Bonchev–Trinajstić information content (AvgIpc) is 2.63. The molecule has 5 heteroatoms. The minimum atomic E-state index is -0.416. The summed E-state index contributed by atoms with van der Waals surface area (Å²) in [5.74, 6) is 0.0187. The van der Waals surface area contributed by atoms with E-state index in [1.54, 1.807) is 0 Å². The summed E-state index contributed by atoms with van der Waals surface area (Å²) in [5.41, 5.74) is 3.11. The molecule has 0 spiro atoms. The first-order chi connectivity index (χ1) is 12.5. The number of anilines is 1. The Labute approximate surface area is 163 Å². The van der Waals surface area contributed by atoms with Crippen molar-refractivity contribution in [3.05, 3.63) is 75.9 Å². The van der Waals surface area contributed by atoms with Gasteiger partial charge in [0.15, 0.2) is 0 Å². The van der Waals surface area contributed by atoms with E-state index in [0.717, 1.165) is 10.9 Å². The van der Waals surface area contributed by atoms with Crippen LogP contribution in [-0.2, 0) is 11.2 Å². The Morgan fingerprint density at radius 3 is 2.38 bits per heavy atom. The van der Waals surface area contributed by atoms with E-state index in [1.807, 2.05) is 54.6 Å². The number of amides is 1. The number of hydrogen-bond acceptors (Lipinski definition) is 3. The molecule has 0 radical (unpaired) electrons. The molecule has 0 bridgehead atoms. The lowest BCUT2D eigenvalue weighted by Gasteiger charge is -2.08. The molecule has 0 aromatic heterocycles. The molecule has 0 atom stereocenters. The number of nitriles is 1. The molecule has 1 amide bonds. The number of nitrogens with zero attached hydrogens (tertiary/aromatic N) is 1. The van der Waals surface area contributed by atoms with Gasteiger partial charge in [0.1, 0.15) is 11.6 Å². The molecule has 0 unspecified atom stereocenters. The van der Waals surface area contributed by atoms with Crippen LogP contribution in [-0.4, -0.2) is 12.5 Å². The Morgan fingerprint density at radius 2 is 1.81 bits per heavy atom. The average molecular weight is 412 g/mol. The maximum absolute atomic E-state index is 12.2. The van der Waals surface area contributed by atoms with Crippen LogP contribution in [0.25, 0.3) is 0 Å².